The highest BCUT2D eigenvalue weighted by Crippen LogP contribution is 2.45. The minimum Gasteiger partial charge on any atom is -0.357 e. The lowest BCUT2D eigenvalue weighted by Gasteiger charge is -2.36. The summed E-state index contributed by atoms with van der Waals surface area (Å²) in [5.74, 6) is 4.12. The Kier molecular flexibility index (Phi) is 4.69. The second-order valence-electron chi connectivity index (χ2n) is 8.31. The van der Waals surface area contributed by atoms with Gasteiger partial charge in [0.05, 0.1) is 0 Å². The van der Waals surface area contributed by atoms with Gasteiger partial charge in [0.25, 0.3) is 0 Å². The van der Waals surface area contributed by atoms with Gasteiger partial charge in [0.15, 0.2) is 11.8 Å². The lowest BCUT2D eigenvalue weighted by Crippen LogP contribution is -2.42. The van der Waals surface area contributed by atoms with Crippen LogP contribution in [0.4, 0.5) is 0 Å². The van der Waals surface area contributed by atoms with Crippen molar-refractivity contribution in [2.24, 2.45) is 16.3 Å². The summed E-state index contributed by atoms with van der Waals surface area (Å²) in [6.07, 6.45) is 9.15. The first-order valence-electron chi connectivity index (χ1n) is 10.1. The molecule has 2 fully saturated rings. The third-order valence-electron chi connectivity index (χ3n) is 6.46. The zero-order valence-corrected chi connectivity index (χ0v) is 15.8. The van der Waals surface area contributed by atoms with Crippen LogP contribution in [0, 0.1) is 11.3 Å². The van der Waals surface area contributed by atoms with Crippen LogP contribution in [0.1, 0.15) is 64.0 Å². The molecule has 1 aromatic rings. The number of aryl methyl sites for hydroxylation is 1. The SMILES string of the molecule is CCNC(=NCc1nnc2n1CCC2)N1CCC2(CCC(C)CC2)C1. The van der Waals surface area contributed by atoms with E-state index in [1.807, 2.05) is 0 Å². The lowest BCUT2D eigenvalue weighted by molar-refractivity contribution is 0.168. The minimum atomic E-state index is 0.540. The molecule has 3 heterocycles. The molecule has 1 saturated heterocycles. The van der Waals surface area contributed by atoms with Crippen molar-refractivity contribution in [3.05, 3.63) is 11.6 Å². The zero-order valence-electron chi connectivity index (χ0n) is 15.8. The molecule has 0 radical (unpaired) electrons. The Labute approximate surface area is 151 Å². The fraction of sp³-hybridized carbons (Fsp3) is 0.842. The molecule has 1 saturated carbocycles. The first-order valence-corrected chi connectivity index (χ1v) is 10.1. The van der Waals surface area contributed by atoms with E-state index in [-0.39, 0.29) is 0 Å². The quantitative estimate of drug-likeness (QED) is 0.676. The van der Waals surface area contributed by atoms with Gasteiger partial charge in [-0.25, -0.2) is 4.99 Å². The van der Waals surface area contributed by atoms with E-state index in [0.29, 0.717) is 12.0 Å². The Balaban J connectivity index is 1.44. The summed E-state index contributed by atoms with van der Waals surface area (Å²) >= 11 is 0. The predicted octanol–water partition coefficient (Wildman–Crippen LogP) is 2.59. The number of hydrogen-bond donors (Lipinski definition) is 1. The van der Waals surface area contributed by atoms with Crippen molar-refractivity contribution >= 4 is 5.96 Å². The van der Waals surface area contributed by atoms with Crippen molar-refractivity contribution in [3.8, 4) is 0 Å². The molecular formula is C19H32N6. The molecule has 6 nitrogen and oxygen atoms in total. The van der Waals surface area contributed by atoms with Gasteiger partial charge in [-0.15, -0.1) is 10.2 Å². The summed E-state index contributed by atoms with van der Waals surface area (Å²) in [4.78, 5) is 7.40. The highest BCUT2D eigenvalue weighted by Gasteiger charge is 2.41. The molecule has 1 aromatic heterocycles. The average molecular weight is 345 g/mol. The molecule has 25 heavy (non-hydrogen) atoms. The van der Waals surface area contributed by atoms with E-state index in [1.165, 1.54) is 45.1 Å². The predicted molar refractivity (Wildman–Crippen MR) is 99.4 cm³/mol. The number of likely N-dealkylation sites (tertiary alicyclic amines) is 1. The summed E-state index contributed by atoms with van der Waals surface area (Å²) in [7, 11) is 0. The van der Waals surface area contributed by atoms with Crippen LogP contribution in [-0.2, 0) is 19.5 Å². The molecule has 0 aromatic carbocycles. The normalized spacial score (nSPS) is 29.4. The van der Waals surface area contributed by atoms with E-state index in [0.717, 1.165) is 49.6 Å². The summed E-state index contributed by atoms with van der Waals surface area (Å²) in [5, 5.41) is 12.2. The maximum absolute atomic E-state index is 4.92. The number of hydrogen-bond acceptors (Lipinski definition) is 3. The molecule has 0 atom stereocenters. The highest BCUT2D eigenvalue weighted by molar-refractivity contribution is 5.80. The molecule has 0 bridgehead atoms. The molecule has 1 aliphatic carbocycles. The van der Waals surface area contributed by atoms with Crippen molar-refractivity contribution < 1.29 is 0 Å². The van der Waals surface area contributed by atoms with E-state index in [1.54, 1.807) is 0 Å². The van der Waals surface area contributed by atoms with Crippen LogP contribution in [-0.4, -0.2) is 45.3 Å². The summed E-state index contributed by atoms with van der Waals surface area (Å²) < 4.78 is 2.25. The Morgan fingerprint density at radius 3 is 2.88 bits per heavy atom. The Bertz CT molecular complexity index is 626. The van der Waals surface area contributed by atoms with Crippen molar-refractivity contribution in [2.75, 3.05) is 19.6 Å². The first-order chi connectivity index (χ1) is 12.2. The van der Waals surface area contributed by atoms with Crippen LogP contribution in [0.5, 0.6) is 0 Å². The van der Waals surface area contributed by atoms with Crippen LogP contribution in [0.15, 0.2) is 4.99 Å². The standard InChI is InChI=1S/C19H32N6/c1-3-20-18(21-13-17-23-22-16-5-4-11-25(16)17)24-12-10-19(14-24)8-6-15(2)7-9-19/h15H,3-14H2,1-2H3,(H,20,21). The van der Waals surface area contributed by atoms with Crippen LogP contribution in [0.2, 0.25) is 0 Å². The number of nitrogens with one attached hydrogen (secondary N) is 1. The van der Waals surface area contributed by atoms with Crippen molar-refractivity contribution in [1.29, 1.82) is 0 Å². The van der Waals surface area contributed by atoms with Gasteiger partial charge in [-0.3, -0.25) is 0 Å². The largest absolute Gasteiger partial charge is 0.357 e. The molecule has 1 spiro atoms. The number of fused-ring (bicyclic) bond motifs is 1. The second kappa shape index (κ2) is 6.96. The van der Waals surface area contributed by atoms with E-state index in [2.05, 4.69) is 38.8 Å². The Hall–Kier alpha value is -1.59. The van der Waals surface area contributed by atoms with Crippen LogP contribution in [0.3, 0.4) is 0 Å². The number of aliphatic imine (C=N–C) groups is 1. The molecule has 4 rings (SSSR count). The van der Waals surface area contributed by atoms with Crippen LogP contribution >= 0.6 is 0 Å². The summed E-state index contributed by atoms with van der Waals surface area (Å²) in [6, 6.07) is 0. The van der Waals surface area contributed by atoms with Gasteiger partial charge in [0.1, 0.15) is 12.4 Å². The Morgan fingerprint density at radius 2 is 2.08 bits per heavy atom. The van der Waals surface area contributed by atoms with Gasteiger partial charge < -0.3 is 14.8 Å². The topological polar surface area (TPSA) is 58.3 Å². The second-order valence-corrected chi connectivity index (χ2v) is 8.31. The summed E-state index contributed by atoms with van der Waals surface area (Å²) in [6.45, 7) is 9.46. The van der Waals surface area contributed by atoms with E-state index in [9.17, 15) is 0 Å². The number of aromatic nitrogens is 3. The highest BCUT2D eigenvalue weighted by atomic mass is 15.3. The monoisotopic (exact) mass is 344 g/mol. The fourth-order valence-electron chi connectivity index (χ4n) is 4.80. The van der Waals surface area contributed by atoms with Crippen molar-refractivity contribution in [2.45, 2.75) is 71.9 Å². The van der Waals surface area contributed by atoms with Crippen molar-refractivity contribution in [3.63, 3.8) is 0 Å². The smallest absolute Gasteiger partial charge is 0.194 e. The molecule has 2 aliphatic heterocycles. The average Bonchev–Trinajstić information content (AvgIpc) is 3.31. The molecule has 3 aliphatic rings. The molecular weight excluding hydrogens is 312 g/mol. The molecule has 138 valence electrons. The molecule has 0 amide bonds. The minimum absolute atomic E-state index is 0.540. The lowest BCUT2D eigenvalue weighted by atomic mass is 9.70. The van der Waals surface area contributed by atoms with Crippen molar-refractivity contribution in [1.82, 2.24) is 25.0 Å². The third kappa shape index (κ3) is 3.40. The maximum atomic E-state index is 4.92. The van der Waals surface area contributed by atoms with E-state index >= 15 is 0 Å². The van der Waals surface area contributed by atoms with E-state index in [4.69, 9.17) is 4.99 Å². The third-order valence-corrected chi connectivity index (χ3v) is 6.46. The first kappa shape index (κ1) is 16.9. The van der Waals surface area contributed by atoms with Gasteiger partial charge >= 0.3 is 0 Å². The van der Waals surface area contributed by atoms with Crippen LogP contribution < -0.4 is 5.32 Å². The van der Waals surface area contributed by atoms with Gasteiger partial charge in [-0.1, -0.05) is 19.8 Å². The van der Waals surface area contributed by atoms with E-state index < -0.39 is 0 Å². The summed E-state index contributed by atoms with van der Waals surface area (Å²) in [5.41, 5.74) is 0.540. The number of nitrogens with zero attached hydrogens (tertiary/aromatic N) is 5. The Morgan fingerprint density at radius 1 is 1.24 bits per heavy atom. The van der Waals surface area contributed by atoms with Gasteiger partial charge in [0.2, 0.25) is 0 Å². The van der Waals surface area contributed by atoms with Gasteiger partial charge in [-0.05, 0) is 43.9 Å². The molecule has 6 heteroatoms. The van der Waals surface area contributed by atoms with Gasteiger partial charge in [0, 0.05) is 32.6 Å². The van der Waals surface area contributed by atoms with Crippen LogP contribution in [0.25, 0.3) is 0 Å². The number of guanidine groups is 1. The molecule has 1 N–H and O–H groups in total. The van der Waals surface area contributed by atoms with Gasteiger partial charge in [-0.2, -0.15) is 0 Å². The fourth-order valence-corrected chi connectivity index (χ4v) is 4.80. The number of rotatable bonds is 3. The maximum Gasteiger partial charge on any atom is 0.194 e. The zero-order chi connectivity index (χ0) is 17.3. The molecule has 0 unspecified atom stereocenters.